The molecule has 8 heteroatoms. The Kier molecular flexibility index (Phi) is 6.50. The van der Waals surface area contributed by atoms with Gasteiger partial charge in [0.2, 0.25) is 17.7 Å². The molecule has 0 saturated carbocycles. The van der Waals surface area contributed by atoms with E-state index in [4.69, 9.17) is 4.74 Å². The summed E-state index contributed by atoms with van der Waals surface area (Å²) in [5.41, 5.74) is -0.926. The van der Waals surface area contributed by atoms with Crippen molar-refractivity contribution in [3.05, 3.63) is 30.3 Å². The van der Waals surface area contributed by atoms with Crippen molar-refractivity contribution >= 4 is 23.4 Å². The molecule has 3 amide bonds. The number of benzene rings is 1. The summed E-state index contributed by atoms with van der Waals surface area (Å²) in [5.74, 6) is -2.31. The Balaban J connectivity index is 1.73. The lowest BCUT2D eigenvalue weighted by molar-refractivity contribution is -0.147. The summed E-state index contributed by atoms with van der Waals surface area (Å²) in [4.78, 5) is 42.7. The molecule has 0 aliphatic carbocycles. The minimum Gasteiger partial charge on any atom is -0.394 e. The number of likely N-dealkylation sites (tertiary alicyclic amines) is 1. The highest BCUT2D eigenvalue weighted by Gasteiger charge is 2.75. The van der Waals surface area contributed by atoms with Gasteiger partial charge in [0.25, 0.3) is 0 Å². The molecule has 2 bridgehead atoms. The zero-order chi connectivity index (χ0) is 24.8. The fourth-order valence-corrected chi connectivity index (χ4v) is 6.05. The number of aliphatic hydroxyl groups excluding tert-OH is 1. The van der Waals surface area contributed by atoms with E-state index < -0.39 is 41.2 Å². The molecule has 8 nitrogen and oxygen atoms in total. The fourth-order valence-electron chi connectivity index (χ4n) is 6.05. The monoisotopic (exact) mass is 471 g/mol. The predicted molar refractivity (Wildman–Crippen MR) is 128 cm³/mol. The smallest absolute Gasteiger partial charge is 0.246 e. The quantitative estimate of drug-likeness (QED) is 0.566. The van der Waals surface area contributed by atoms with Crippen LogP contribution in [0.2, 0.25) is 0 Å². The van der Waals surface area contributed by atoms with Gasteiger partial charge in [-0.25, -0.2) is 0 Å². The van der Waals surface area contributed by atoms with Crippen molar-refractivity contribution in [1.82, 2.24) is 10.2 Å². The summed E-state index contributed by atoms with van der Waals surface area (Å²) in [6, 6.07) is 7.71. The van der Waals surface area contributed by atoms with Crippen LogP contribution in [0, 0.1) is 17.8 Å². The van der Waals surface area contributed by atoms with Crippen molar-refractivity contribution in [2.75, 3.05) is 11.9 Å². The van der Waals surface area contributed by atoms with Crippen LogP contribution in [-0.2, 0) is 19.1 Å². The normalized spacial score (nSPS) is 31.8. The lowest BCUT2D eigenvalue weighted by Gasteiger charge is -2.40. The molecule has 7 atom stereocenters. The Labute approximate surface area is 201 Å². The Hall–Kier alpha value is -2.45. The zero-order valence-corrected chi connectivity index (χ0v) is 20.7. The van der Waals surface area contributed by atoms with Crippen LogP contribution in [0.4, 0.5) is 5.69 Å². The summed E-state index contributed by atoms with van der Waals surface area (Å²) in [6.07, 6.45) is 1.46. The number of para-hydroxylation sites is 1. The first kappa shape index (κ1) is 24.7. The van der Waals surface area contributed by atoms with Crippen molar-refractivity contribution in [3.63, 3.8) is 0 Å². The van der Waals surface area contributed by atoms with Crippen LogP contribution in [0.15, 0.2) is 30.3 Å². The number of aliphatic hydroxyl groups is 1. The molecule has 3 saturated heterocycles. The number of nitrogens with one attached hydrogen (secondary N) is 2. The van der Waals surface area contributed by atoms with Gasteiger partial charge in [0, 0.05) is 11.2 Å². The molecule has 3 fully saturated rings. The largest absolute Gasteiger partial charge is 0.394 e. The maximum atomic E-state index is 14.0. The van der Waals surface area contributed by atoms with Crippen LogP contribution in [0.1, 0.15) is 53.9 Å². The van der Waals surface area contributed by atoms with E-state index in [1.807, 2.05) is 52.8 Å². The molecule has 3 aliphatic heterocycles. The third-order valence-electron chi connectivity index (χ3n) is 7.67. The van der Waals surface area contributed by atoms with Gasteiger partial charge in [-0.2, -0.15) is 0 Å². The van der Waals surface area contributed by atoms with Crippen LogP contribution in [0.5, 0.6) is 0 Å². The number of anilines is 1. The lowest BCUT2D eigenvalue weighted by Crippen LogP contribution is -2.61. The Morgan fingerprint density at radius 2 is 1.91 bits per heavy atom. The maximum Gasteiger partial charge on any atom is 0.246 e. The molecule has 1 aromatic rings. The summed E-state index contributed by atoms with van der Waals surface area (Å²) in [6.45, 7) is 9.38. The van der Waals surface area contributed by atoms with Crippen molar-refractivity contribution in [1.29, 1.82) is 0 Å². The molecule has 0 aromatic heterocycles. The Bertz CT molecular complexity index is 946. The molecular formula is C26H37N3O5. The van der Waals surface area contributed by atoms with Crippen molar-refractivity contribution in [3.8, 4) is 0 Å². The van der Waals surface area contributed by atoms with Gasteiger partial charge in [-0.1, -0.05) is 38.5 Å². The van der Waals surface area contributed by atoms with Gasteiger partial charge < -0.3 is 25.4 Å². The highest BCUT2D eigenvalue weighted by Crippen LogP contribution is 2.59. The summed E-state index contributed by atoms with van der Waals surface area (Å²) in [7, 11) is 0. The number of carbonyl (C=O) groups is 3. The van der Waals surface area contributed by atoms with E-state index in [2.05, 4.69) is 10.6 Å². The zero-order valence-electron chi connectivity index (χ0n) is 20.7. The average molecular weight is 472 g/mol. The molecular weight excluding hydrogens is 434 g/mol. The second-order valence-corrected chi connectivity index (χ2v) is 11.0. The van der Waals surface area contributed by atoms with Gasteiger partial charge in [-0.3, -0.25) is 14.4 Å². The summed E-state index contributed by atoms with van der Waals surface area (Å²) >= 11 is 0. The van der Waals surface area contributed by atoms with Crippen molar-refractivity contribution in [2.45, 2.75) is 83.2 Å². The molecule has 1 spiro atoms. The van der Waals surface area contributed by atoms with E-state index >= 15 is 0 Å². The maximum absolute atomic E-state index is 14.0. The fraction of sp³-hybridized carbons (Fsp3) is 0.654. The highest BCUT2D eigenvalue weighted by molar-refractivity contribution is 6.02. The van der Waals surface area contributed by atoms with Crippen molar-refractivity contribution < 1.29 is 24.2 Å². The van der Waals surface area contributed by atoms with Crippen LogP contribution >= 0.6 is 0 Å². The number of hydrogen-bond donors (Lipinski definition) is 3. The van der Waals surface area contributed by atoms with E-state index in [1.54, 1.807) is 17.0 Å². The standard InChI is InChI=1S/C26H37N3O5/c1-6-15(2)17(14-30)29-21(23(32)28-25(3,4)5)26-13-12-18(34-26)19(20(26)24(29)33)22(31)27-16-10-8-7-9-11-16/h7-11,15,17-21,30H,6,12-14H2,1-5H3,(H,27,31)(H,28,32)/t15-,17-,18+,19-,20-,21?,26?/m0/s1. The predicted octanol–water partition coefficient (Wildman–Crippen LogP) is 2.32. The highest BCUT2D eigenvalue weighted by atomic mass is 16.5. The van der Waals surface area contributed by atoms with Gasteiger partial charge in [0.15, 0.2) is 0 Å². The topological polar surface area (TPSA) is 108 Å². The van der Waals surface area contributed by atoms with E-state index in [1.165, 1.54) is 0 Å². The number of ether oxygens (including phenoxy) is 1. The number of carbonyl (C=O) groups excluding carboxylic acids is 3. The third kappa shape index (κ3) is 4.01. The molecule has 0 radical (unpaired) electrons. The minimum atomic E-state index is -1.07. The molecule has 3 aliphatic rings. The van der Waals surface area contributed by atoms with Crippen LogP contribution in [0.3, 0.4) is 0 Å². The van der Waals surface area contributed by atoms with Crippen LogP contribution in [-0.4, -0.2) is 63.7 Å². The first-order valence-corrected chi connectivity index (χ1v) is 12.3. The van der Waals surface area contributed by atoms with Crippen LogP contribution in [0.25, 0.3) is 0 Å². The minimum absolute atomic E-state index is 0.0251. The second-order valence-electron chi connectivity index (χ2n) is 11.0. The van der Waals surface area contributed by atoms with Gasteiger partial charge in [0.1, 0.15) is 11.6 Å². The lowest BCUT2D eigenvalue weighted by atomic mass is 9.70. The molecule has 34 heavy (non-hydrogen) atoms. The summed E-state index contributed by atoms with van der Waals surface area (Å²) < 4.78 is 6.45. The van der Waals surface area contributed by atoms with Gasteiger partial charge in [-0.15, -0.1) is 0 Å². The van der Waals surface area contributed by atoms with Gasteiger partial charge in [0.05, 0.1) is 30.6 Å². The van der Waals surface area contributed by atoms with E-state index in [-0.39, 0.29) is 30.2 Å². The number of fused-ring (bicyclic) bond motifs is 1. The first-order chi connectivity index (χ1) is 16.0. The third-order valence-corrected chi connectivity index (χ3v) is 7.67. The van der Waals surface area contributed by atoms with Crippen LogP contribution < -0.4 is 10.6 Å². The molecule has 186 valence electrons. The first-order valence-electron chi connectivity index (χ1n) is 12.3. The number of amides is 3. The van der Waals surface area contributed by atoms with E-state index in [0.29, 0.717) is 18.5 Å². The van der Waals surface area contributed by atoms with Crippen molar-refractivity contribution in [2.24, 2.45) is 17.8 Å². The molecule has 2 unspecified atom stereocenters. The number of rotatable bonds is 7. The average Bonchev–Trinajstić information content (AvgIpc) is 3.41. The summed E-state index contributed by atoms with van der Waals surface area (Å²) in [5, 5.41) is 16.3. The SMILES string of the molecule is CC[C@H](C)[C@H](CO)N1C(=O)[C@@H]2[C@@H](C(=O)Nc3ccccc3)[C@H]3CCC2(O3)C1C(=O)NC(C)(C)C. The number of nitrogens with zero attached hydrogens (tertiary/aromatic N) is 1. The molecule has 4 rings (SSSR count). The number of hydrogen-bond acceptors (Lipinski definition) is 5. The van der Waals surface area contributed by atoms with Gasteiger partial charge in [-0.05, 0) is 51.7 Å². The Morgan fingerprint density at radius 1 is 1.24 bits per heavy atom. The van der Waals surface area contributed by atoms with Gasteiger partial charge >= 0.3 is 0 Å². The molecule has 1 aromatic carbocycles. The second kappa shape index (κ2) is 8.96. The molecule has 3 N–H and O–H groups in total. The Morgan fingerprint density at radius 3 is 2.50 bits per heavy atom. The van der Waals surface area contributed by atoms with E-state index in [0.717, 1.165) is 6.42 Å². The molecule has 3 heterocycles. The van der Waals surface area contributed by atoms with E-state index in [9.17, 15) is 19.5 Å².